The maximum atomic E-state index is 13.8. The van der Waals surface area contributed by atoms with Crippen molar-refractivity contribution < 1.29 is 38.8 Å². The SMILES string of the molecule is COc1cc(O)c2c(c1C(=O)NCc1c(OC(C)C)ccc3ccccc13)OC1=CC(O)=C(C(C)=O)C(=O)[C@]12C. The summed E-state index contributed by atoms with van der Waals surface area (Å²) in [6, 6.07) is 12.8. The number of rotatable bonds is 7. The lowest BCUT2D eigenvalue weighted by molar-refractivity contribution is -0.123. The van der Waals surface area contributed by atoms with Gasteiger partial charge < -0.3 is 29.7 Å². The molecule has 2 aliphatic rings. The van der Waals surface area contributed by atoms with Gasteiger partial charge in [-0.2, -0.15) is 0 Å². The van der Waals surface area contributed by atoms with Gasteiger partial charge in [-0.15, -0.1) is 0 Å². The van der Waals surface area contributed by atoms with Gasteiger partial charge in [0.05, 0.1) is 18.8 Å². The average molecular weight is 544 g/mol. The summed E-state index contributed by atoms with van der Waals surface area (Å²) in [7, 11) is 1.34. The third-order valence-corrected chi connectivity index (χ3v) is 7.22. The summed E-state index contributed by atoms with van der Waals surface area (Å²) < 4.78 is 17.4. The number of benzene rings is 3. The smallest absolute Gasteiger partial charge is 0.259 e. The number of aromatic hydroxyl groups is 1. The van der Waals surface area contributed by atoms with Crippen LogP contribution in [0, 0.1) is 0 Å². The molecule has 3 N–H and O–H groups in total. The van der Waals surface area contributed by atoms with Crippen LogP contribution in [0.4, 0.5) is 0 Å². The fourth-order valence-electron chi connectivity index (χ4n) is 5.34. The number of ether oxygens (including phenoxy) is 3. The molecule has 0 saturated carbocycles. The summed E-state index contributed by atoms with van der Waals surface area (Å²) in [5.41, 5.74) is -1.31. The number of hydrogen-bond acceptors (Lipinski definition) is 8. The zero-order valence-corrected chi connectivity index (χ0v) is 22.7. The summed E-state index contributed by atoms with van der Waals surface area (Å²) in [5.74, 6) is -2.32. The van der Waals surface area contributed by atoms with Crippen LogP contribution in [0.25, 0.3) is 10.8 Å². The molecular formula is C31H29NO8. The van der Waals surface area contributed by atoms with Gasteiger partial charge in [0.25, 0.3) is 5.91 Å². The Labute approximate surface area is 230 Å². The Hall–Kier alpha value is -4.79. The number of phenolic OH excluding ortho intramolecular Hbond substituents is 1. The Balaban J connectivity index is 1.58. The number of carbonyl (C=O) groups excluding carboxylic acids is 3. The van der Waals surface area contributed by atoms with Crippen LogP contribution in [0.3, 0.4) is 0 Å². The number of aliphatic hydroxyl groups excluding tert-OH is 1. The molecule has 3 aromatic carbocycles. The topological polar surface area (TPSA) is 131 Å². The molecular weight excluding hydrogens is 514 g/mol. The minimum absolute atomic E-state index is 0.00920. The van der Waals surface area contributed by atoms with Gasteiger partial charge in [0.1, 0.15) is 45.3 Å². The van der Waals surface area contributed by atoms with Crippen molar-refractivity contribution in [1.29, 1.82) is 0 Å². The number of hydrogen-bond donors (Lipinski definition) is 3. The Morgan fingerprint density at radius 1 is 1.10 bits per heavy atom. The summed E-state index contributed by atoms with van der Waals surface area (Å²) in [6.07, 6.45) is 1.07. The fraction of sp³-hybridized carbons (Fsp3) is 0.258. The van der Waals surface area contributed by atoms with Crippen molar-refractivity contribution in [2.45, 2.75) is 45.8 Å². The van der Waals surface area contributed by atoms with Crippen LogP contribution >= 0.6 is 0 Å². The Morgan fingerprint density at radius 2 is 1.82 bits per heavy atom. The van der Waals surface area contributed by atoms with Crippen LogP contribution in [0.2, 0.25) is 0 Å². The molecule has 206 valence electrons. The molecule has 0 fully saturated rings. The highest BCUT2D eigenvalue weighted by atomic mass is 16.5. The van der Waals surface area contributed by atoms with Crippen molar-refractivity contribution >= 4 is 28.2 Å². The first kappa shape index (κ1) is 26.8. The number of allylic oxidation sites excluding steroid dienone is 3. The van der Waals surface area contributed by atoms with E-state index in [9.17, 15) is 24.6 Å². The quantitative estimate of drug-likeness (QED) is 0.363. The first-order valence-electron chi connectivity index (χ1n) is 12.8. The molecule has 9 heteroatoms. The molecule has 0 radical (unpaired) electrons. The number of fused-ring (bicyclic) bond motifs is 4. The molecule has 1 amide bonds. The van der Waals surface area contributed by atoms with E-state index in [0.717, 1.165) is 22.4 Å². The van der Waals surface area contributed by atoms with Crippen LogP contribution in [0.5, 0.6) is 23.0 Å². The number of aliphatic hydroxyl groups is 1. The zero-order valence-electron chi connectivity index (χ0n) is 22.7. The van der Waals surface area contributed by atoms with Crippen molar-refractivity contribution in [3.63, 3.8) is 0 Å². The van der Waals surface area contributed by atoms with Gasteiger partial charge in [-0.1, -0.05) is 30.3 Å². The first-order chi connectivity index (χ1) is 19.0. The lowest BCUT2D eigenvalue weighted by Gasteiger charge is -2.27. The minimum atomic E-state index is -1.64. The third kappa shape index (κ3) is 4.05. The van der Waals surface area contributed by atoms with E-state index in [-0.39, 0.29) is 46.8 Å². The largest absolute Gasteiger partial charge is 0.507 e. The number of carbonyl (C=O) groups is 3. The van der Waals surface area contributed by atoms with E-state index in [1.165, 1.54) is 27.0 Å². The fourth-order valence-corrected chi connectivity index (χ4v) is 5.34. The Bertz CT molecular complexity index is 1670. The van der Waals surface area contributed by atoms with Crippen molar-refractivity contribution in [1.82, 2.24) is 5.32 Å². The molecule has 0 unspecified atom stereocenters. The normalized spacial score (nSPS) is 17.8. The van der Waals surface area contributed by atoms with Crippen molar-refractivity contribution in [2.24, 2.45) is 0 Å². The molecule has 0 saturated heterocycles. The van der Waals surface area contributed by atoms with Gasteiger partial charge in [0.15, 0.2) is 17.3 Å². The molecule has 1 aliphatic carbocycles. The number of amides is 1. The van der Waals surface area contributed by atoms with Gasteiger partial charge in [0, 0.05) is 24.3 Å². The number of nitrogens with one attached hydrogen (secondary N) is 1. The van der Waals surface area contributed by atoms with Gasteiger partial charge in [-0.3, -0.25) is 14.4 Å². The van der Waals surface area contributed by atoms with Crippen molar-refractivity contribution in [3.05, 3.63) is 82.3 Å². The standard InChI is InChI=1S/C31H29NO8/c1-15(2)39-22-11-10-17-8-6-7-9-18(17)19(22)14-32-30(37)26-23(38-5)12-21(35)27-28(26)40-24-13-20(34)25(16(3)33)29(36)31(24,27)4/h6-13,15,34-35H,14H2,1-5H3,(H,32,37)/t31-/m1/s1. The molecule has 1 aliphatic heterocycles. The summed E-state index contributed by atoms with van der Waals surface area (Å²) in [5, 5.41) is 26.1. The van der Waals surface area contributed by atoms with E-state index in [1.807, 2.05) is 50.2 Å². The molecule has 3 aromatic rings. The molecule has 9 nitrogen and oxygen atoms in total. The molecule has 1 atom stereocenters. The van der Waals surface area contributed by atoms with Crippen molar-refractivity contribution in [2.75, 3.05) is 7.11 Å². The average Bonchev–Trinajstić information content (AvgIpc) is 3.20. The highest BCUT2D eigenvalue weighted by molar-refractivity contribution is 6.25. The Kier molecular flexibility index (Phi) is 6.53. The summed E-state index contributed by atoms with van der Waals surface area (Å²) in [6.45, 7) is 6.57. The van der Waals surface area contributed by atoms with Crippen molar-refractivity contribution in [3.8, 4) is 23.0 Å². The van der Waals surface area contributed by atoms with Crippen LogP contribution in [0.15, 0.2) is 65.6 Å². The number of ketones is 2. The van der Waals surface area contributed by atoms with E-state index in [2.05, 4.69) is 5.32 Å². The molecule has 1 heterocycles. The van der Waals surface area contributed by atoms with Gasteiger partial charge in [-0.05, 0) is 44.5 Å². The van der Waals surface area contributed by atoms with E-state index < -0.39 is 34.2 Å². The predicted octanol–water partition coefficient (Wildman–Crippen LogP) is 4.79. The van der Waals surface area contributed by atoms with E-state index in [4.69, 9.17) is 14.2 Å². The molecule has 5 rings (SSSR count). The van der Waals surface area contributed by atoms with E-state index >= 15 is 0 Å². The van der Waals surface area contributed by atoms with Crippen LogP contribution in [0.1, 0.15) is 49.2 Å². The van der Waals surface area contributed by atoms with Crippen LogP contribution < -0.4 is 19.5 Å². The lowest BCUT2D eigenvalue weighted by atomic mass is 9.71. The second-order valence-corrected chi connectivity index (χ2v) is 10.2. The van der Waals surface area contributed by atoms with Crippen LogP contribution in [-0.2, 0) is 21.5 Å². The summed E-state index contributed by atoms with van der Waals surface area (Å²) in [4.78, 5) is 39.4. The van der Waals surface area contributed by atoms with Gasteiger partial charge in [0.2, 0.25) is 0 Å². The Morgan fingerprint density at radius 3 is 2.50 bits per heavy atom. The maximum absolute atomic E-state index is 13.8. The predicted molar refractivity (Wildman–Crippen MR) is 147 cm³/mol. The second kappa shape index (κ2) is 9.75. The molecule has 0 aromatic heterocycles. The highest BCUT2D eigenvalue weighted by Gasteiger charge is 2.55. The maximum Gasteiger partial charge on any atom is 0.259 e. The lowest BCUT2D eigenvalue weighted by Crippen LogP contribution is -2.38. The molecule has 40 heavy (non-hydrogen) atoms. The molecule has 0 bridgehead atoms. The monoisotopic (exact) mass is 543 g/mol. The highest BCUT2D eigenvalue weighted by Crippen LogP contribution is 2.56. The minimum Gasteiger partial charge on any atom is -0.507 e. The van der Waals surface area contributed by atoms with Gasteiger partial charge >= 0.3 is 0 Å². The van der Waals surface area contributed by atoms with E-state index in [0.29, 0.717) is 5.75 Å². The number of methoxy groups -OCH3 is 1. The second-order valence-electron chi connectivity index (χ2n) is 10.2. The first-order valence-corrected chi connectivity index (χ1v) is 12.8. The van der Waals surface area contributed by atoms with Gasteiger partial charge in [-0.25, -0.2) is 0 Å². The van der Waals surface area contributed by atoms with Crippen LogP contribution in [-0.4, -0.2) is 40.9 Å². The molecule has 0 spiro atoms. The zero-order chi connectivity index (χ0) is 28.9. The number of Topliss-reactive ketones (excluding diaryl/α,β-unsaturated/α-hetero) is 2. The summed E-state index contributed by atoms with van der Waals surface area (Å²) >= 11 is 0. The number of phenols is 1. The third-order valence-electron chi connectivity index (χ3n) is 7.22. The van der Waals surface area contributed by atoms with E-state index in [1.54, 1.807) is 0 Å².